The van der Waals surface area contributed by atoms with Gasteiger partial charge in [0.05, 0.1) is 11.2 Å². The van der Waals surface area contributed by atoms with Crippen LogP contribution < -0.4 is 0 Å². The molecule has 0 aliphatic carbocycles. The molecule has 1 heterocycles. The Hall–Kier alpha value is -0.900. The number of halogens is 2. The van der Waals surface area contributed by atoms with Gasteiger partial charge in [0, 0.05) is 23.3 Å². The van der Waals surface area contributed by atoms with Crippen molar-refractivity contribution < 1.29 is 4.39 Å². The molecule has 0 saturated carbocycles. The highest BCUT2D eigenvalue weighted by Crippen LogP contribution is 2.21. The monoisotopic (exact) mass is 256 g/mol. The van der Waals surface area contributed by atoms with Crippen molar-refractivity contribution in [3.05, 3.63) is 29.7 Å². The van der Waals surface area contributed by atoms with Crippen LogP contribution >= 0.6 is 15.9 Å². The van der Waals surface area contributed by atoms with E-state index in [1.165, 1.54) is 12.1 Å². The molecule has 14 heavy (non-hydrogen) atoms. The van der Waals surface area contributed by atoms with Gasteiger partial charge in [0.15, 0.2) is 0 Å². The predicted octanol–water partition coefficient (Wildman–Crippen LogP) is 3.09. The van der Waals surface area contributed by atoms with Crippen LogP contribution in [-0.4, -0.2) is 9.78 Å². The molecule has 0 amide bonds. The summed E-state index contributed by atoms with van der Waals surface area (Å²) in [6.45, 7) is 2.83. The number of alkyl halides is 1. The van der Waals surface area contributed by atoms with Crippen molar-refractivity contribution in [2.24, 2.45) is 0 Å². The lowest BCUT2D eigenvalue weighted by Crippen LogP contribution is -2.00. The third kappa shape index (κ3) is 1.43. The molecule has 0 fully saturated rings. The maximum Gasteiger partial charge on any atom is 0.125 e. The van der Waals surface area contributed by atoms with Gasteiger partial charge < -0.3 is 0 Å². The van der Waals surface area contributed by atoms with E-state index in [4.69, 9.17) is 0 Å². The zero-order valence-electron chi connectivity index (χ0n) is 7.80. The highest BCUT2D eigenvalue weighted by atomic mass is 79.9. The summed E-state index contributed by atoms with van der Waals surface area (Å²) in [5.74, 6) is -0.237. The molecule has 0 aliphatic rings. The molecule has 2 aromatic rings. The number of nitrogens with zero attached hydrogens (tertiary/aromatic N) is 2. The fourth-order valence-corrected chi connectivity index (χ4v) is 2.16. The van der Waals surface area contributed by atoms with E-state index < -0.39 is 0 Å². The normalized spacial score (nSPS) is 11.1. The second-order valence-corrected chi connectivity index (χ2v) is 3.62. The van der Waals surface area contributed by atoms with E-state index in [1.54, 1.807) is 6.07 Å². The first-order valence-electron chi connectivity index (χ1n) is 4.47. The van der Waals surface area contributed by atoms with Gasteiger partial charge in [-0.2, -0.15) is 5.10 Å². The van der Waals surface area contributed by atoms with E-state index >= 15 is 0 Å². The summed E-state index contributed by atoms with van der Waals surface area (Å²) in [7, 11) is 0. The van der Waals surface area contributed by atoms with Gasteiger partial charge in [-0.05, 0) is 19.1 Å². The first kappa shape index (κ1) is 9.65. The summed E-state index contributed by atoms with van der Waals surface area (Å²) in [5, 5.41) is 6.07. The van der Waals surface area contributed by atoms with Crippen LogP contribution in [0.4, 0.5) is 4.39 Å². The van der Waals surface area contributed by atoms with E-state index in [-0.39, 0.29) is 5.82 Å². The summed E-state index contributed by atoms with van der Waals surface area (Å²) in [6.07, 6.45) is 0. The summed E-state index contributed by atoms with van der Waals surface area (Å²) < 4.78 is 14.8. The maximum atomic E-state index is 12.9. The summed E-state index contributed by atoms with van der Waals surface area (Å²) in [4.78, 5) is 0. The zero-order valence-corrected chi connectivity index (χ0v) is 9.38. The third-order valence-corrected chi connectivity index (χ3v) is 2.77. The average Bonchev–Trinajstić information content (AvgIpc) is 2.54. The van der Waals surface area contributed by atoms with Crippen LogP contribution in [0.3, 0.4) is 0 Å². The van der Waals surface area contributed by atoms with Gasteiger partial charge in [0.2, 0.25) is 0 Å². The van der Waals surface area contributed by atoms with Crippen molar-refractivity contribution in [1.29, 1.82) is 0 Å². The molecule has 0 aliphatic heterocycles. The van der Waals surface area contributed by atoms with Gasteiger partial charge in [0.1, 0.15) is 5.82 Å². The third-order valence-electron chi connectivity index (χ3n) is 2.24. The first-order chi connectivity index (χ1) is 6.76. The Bertz CT molecular complexity index is 464. The minimum atomic E-state index is -0.237. The lowest BCUT2D eigenvalue weighted by molar-refractivity contribution is 0.627. The van der Waals surface area contributed by atoms with E-state index in [2.05, 4.69) is 21.0 Å². The minimum Gasteiger partial charge on any atom is -0.268 e. The van der Waals surface area contributed by atoms with E-state index in [0.717, 1.165) is 28.5 Å². The number of aromatic nitrogens is 2. The average molecular weight is 257 g/mol. The van der Waals surface area contributed by atoms with Crippen LogP contribution in [-0.2, 0) is 11.9 Å². The van der Waals surface area contributed by atoms with Gasteiger partial charge in [-0.15, -0.1) is 0 Å². The number of fused-ring (bicyclic) bond motifs is 1. The highest BCUT2D eigenvalue weighted by molar-refractivity contribution is 9.08. The van der Waals surface area contributed by atoms with Gasteiger partial charge in [0.25, 0.3) is 0 Å². The minimum absolute atomic E-state index is 0.237. The molecule has 0 unspecified atom stereocenters. The molecule has 0 radical (unpaired) electrons. The van der Waals surface area contributed by atoms with Crippen LogP contribution in [0, 0.1) is 5.82 Å². The Balaban J connectivity index is 2.73. The van der Waals surface area contributed by atoms with E-state index in [9.17, 15) is 4.39 Å². The summed E-state index contributed by atoms with van der Waals surface area (Å²) >= 11 is 3.41. The highest BCUT2D eigenvalue weighted by Gasteiger charge is 2.08. The molecule has 1 aromatic carbocycles. The van der Waals surface area contributed by atoms with E-state index in [0.29, 0.717) is 0 Å². The topological polar surface area (TPSA) is 17.8 Å². The fourth-order valence-electron chi connectivity index (χ4n) is 1.56. The standard InChI is InChI=1S/C10H10BrFN2/c1-2-14-10(6-11)8-4-3-7(12)5-9(8)13-14/h3-5H,2,6H2,1H3. The van der Waals surface area contributed by atoms with Crippen LogP contribution in [0.1, 0.15) is 12.6 Å². The van der Waals surface area contributed by atoms with Crippen molar-refractivity contribution in [2.75, 3.05) is 0 Å². The molecule has 0 saturated heterocycles. The SMILES string of the molecule is CCn1nc2cc(F)ccc2c1CBr. The van der Waals surface area contributed by atoms with Crippen molar-refractivity contribution >= 4 is 26.8 Å². The summed E-state index contributed by atoms with van der Waals surface area (Å²) in [5.41, 5.74) is 1.82. The molecule has 2 rings (SSSR count). The van der Waals surface area contributed by atoms with Crippen LogP contribution in [0.25, 0.3) is 10.9 Å². The second-order valence-electron chi connectivity index (χ2n) is 3.06. The van der Waals surface area contributed by atoms with Crippen molar-refractivity contribution in [2.45, 2.75) is 18.8 Å². The first-order valence-corrected chi connectivity index (χ1v) is 5.59. The quantitative estimate of drug-likeness (QED) is 0.756. The van der Waals surface area contributed by atoms with Gasteiger partial charge in [-0.25, -0.2) is 4.39 Å². The number of hydrogen-bond acceptors (Lipinski definition) is 1. The molecule has 1 aromatic heterocycles. The van der Waals surface area contributed by atoms with Gasteiger partial charge >= 0.3 is 0 Å². The smallest absolute Gasteiger partial charge is 0.125 e. The predicted molar refractivity (Wildman–Crippen MR) is 58.0 cm³/mol. The number of rotatable bonds is 2. The van der Waals surface area contributed by atoms with E-state index in [1.807, 2.05) is 11.6 Å². The maximum absolute atomic E-state index is 12.9. The Morgan fingerprint density at radius 2 is 2.29 bits per heavy atom. The van der Waals surface area contributed by atoms with Crippen molar-refractivity contribution in [1.82, 2.24) is 9.78 Å². The molecule has 0 atom stereocenters. The molecule has 74 valence electrons. The van der Waals surface area contributed by atoms with Gasteiger partial charge in [-0.1, -0.05) is 15.9 Å². The largest absolute Gasteiger partial charge is 0.268 e. The molecule has 0 spiro atoms. The van der Waals surface area contributed by atoms with Crippen LogP contribution in [0.15, 0.2) is 18.2 Å². The fraction of sp³-hybridized carbons (Fsp3) is 0.300. The van der Waals surface area contributed by atoms with Crippen LogP contribution in [0.5, 0.6) is 0 Å². The number of benzene rings is 1. The Morgan fingerprint density at radius 3 is 2.93 bits per heavy atom. The molecule has 4 heteroatoms. The Labute approximate surface area is 89.8 Å². The molecular weight excluding hydrogens is 247 g/mol. The molecule has 0 N–H and O–H groups in total. The molecule has 2 nitrogen and oxygen atoms in total. The lowest BCUT2D eigenvalue weighted by atomic mass is 10.2. The molecular formula is C10H10BrFN2. The zero-order chi connectivity index (χ0) is 10.1. The van der Waals surface area contributed by atoms with Crippen molar-refractivity contribution in [3.63, 3.8) is 0 Å². The molecule has 0 bridgehead atoms. The Morgan fingerprint density at radius 1 is 1.50 bits per heavy atom. The lowest BCUT2D eigenvalue weighted by Gasteiger charge is -1.99. The van der Waals surface area contributed by atoms with Crippen LogP contribution in [0.2, 0.25) is 0 Å². The number of aryl methyl sites for hydroxylation is 1. The summed E-state index contributed by atoms with van der Waals surface area (Å²) in [6, 6.07) is 4.71. The van der Waals surface area contributed by atoms with Crippen molar-refractivity contribution in [3.8, 4) is 0 Å². The second kappa shape index (κ2) is 3.69. The van der Waals surface area contributed by atoms with Gasteiger partial charge in [-0.3, -0.25) is 4.68 Å². The number of hydrogen-bond donors (Lipinski definition) is 0. The Kier molecular flexibility index (Phi) is 2.54.